The normalized spacial score (nSPS) is 19.5. The van der Waals surface area contributed by atoms with Crippen LogP contribution in [0.1, 0.15) is 41.1 Å². The molecule has 11 heteroatoms. The molecule has 11 nitrogen and oxygen atoms in total. The molecule has 2 atom stereocenters. The number of hydrogen-bond acceptors (Lipinski definition) is 9. The van der Waals surface area contributed by atoms with Gasteiger partial charge in [0.25, 0.3) is 0 Å². The highest BCUT2D eigenvalue weighted by Crippen LogP contribution is 2.35. The van der Waals surface area contributed by atoms with Crippen molar-refractivity contribution < 1.29 is 0 Å². The summed E-state index contributed by atoms with van der Waals surface area (Å²) in [6, 6.07) is 13.4. The Hall–Kier alpha value is -4.64. The van der Waals surface area contributed by atoms with Crippen LogP contribution in [-0.2, 0) is 19.4 Å². The summed E-state index contributed by atoms with van der Waals surface area (Å²) < 4.78 is 1.94. The molecule has 2 unspecified atom stereocenters. The number of H-pyrrole nitrogens is 1. The van der Waals surface area contributed by atoms with Gasteiger partial charge in [-0.25, -0.2) is 24.6 Å². The summed E-state index contributed by atoms with van der Waals surface area (Å²) >= 11 is 0. The van der Waals surface area contributed by atoms with Gasteiger partial charge in [0, 0.05) is 79.4 Å². The summed E-state index contributed by atoms with van der Waals surface area (Å²) in [6.45, 7) is 6.82. The molecule has 0 radical (unpaired) electrons. The number of aromatic nitrogens is 8. The number of aryl methyl sites for hydroxylation is 4. The van der Waals surface area contributed by atoms with Crippen molar-refractivity contribution in [3.63, 3.8) is 0 Å². The van der Waals surface area contributed by atoms with Gasteiger partial charge in [-0.1, -0.05) is 6.07 Å². The Morgan fingerprint density at radius 1 is 0.929 bits per heavy atom. The number of hydrogen-bond donors (Lipinski definition) is 2. The molecule has 3 aliphatic heterocycles. The van der Waals surface area contributed by atoms with Crippen LogP contribution in [0.25, 0.3) is 17.2 Å². The van der Waals surface area contributed by atoms with E-state index >= 15 is 0 Å². The summed E-state index contributed by atoms with van der Waals surface area (Å²) in [6.07, 6.45) is 10.7. The highest BCUT2D eigenvalue weighted by Gasteiger charge is 2.44. The maximum atomic E-state index is 4.82. The minimum atomic E-state index is 0.526. The van der Waals surface area contributed by atoms with Crippen LogP contribution in [0.3, 0.4) is 0 Å². The lowest BCUT2D eigenvalue weighted by atomic mass is 9.87. The number of anilines is 3. The average molecular weight is 560 g/mol. The van der Waals surface area contributed by atoms with Crippen LogP contribution in [-0.4, -0.2) is 70.0 Å². The first-order valence-electron chi connectivity index (χ1n) is 14.7. The molecular weight excluding hydrogens is 526 g/mol. The van der Waals surface area contributed by atoms with Crippen molar-refractivity contribution in [2.24, 2.45) is 0 Å². The smallest absolute Gasteiger partial charge is 0.163 e. The molecule has 0 amide bonds. The van der Waals surface area contributed by atoms with E-state index in [9.17, 15) is 0 Å². The van der Waals surface area contributed by atoms with E-state index in [1.807, 2.05) is 43.1 Å². The van der Waals surface area contributed by atoms with Gasteiger partial charge in [-0.2, -0.15) is 10.2 Å². The molecule has 0 saturated carbocycles. The van der Waals surface area contributed by atoms with Gasteiger partial charge in [0.15, 0.2) is 17.5 Å². The van der Waals surface area contributed by atoms with E-state index in [4.69, 9.17) is 20.1 Å². The van der Waals surface area contributed by atoms with Gasteiger partial charge in [0.2, 0.25) is 0 Å². The molecule has 1 aliphatic carbocycles. The molecule has 4 aliphatic rings. The Morgan fingerprint density at radius 2 is 1.79 bits per heavy atom. The van der Waals surface area contributed by atoms with Crippen LogP contribution in [0.5, 0.6) is 0 Å². The summed E-state index contributed by atoms with van der Waals surface area (Å²) in [5.41, 5.74) is 6.61. The van der Waals surface area contributed by atoms with E-state index in [1.165, 1.54) is 29.7 Å². The van der Waals surface area contributed by atoms with Gasteiger partial charge in [-0.3, -0.25) is 10.00 Å². The average Bonchev–Trinajstić information content (AvgIpc) is 3.73. The quantitative estimate of drug-likeness (QED) is 0.303. The van der Waals surface area contributed by atoms with Crippen molar-refractivity contribution in [2.75, 3.05) is 23.3 Å². The van der Waals surface area contributed by atoms with Crippen LogP contribution >= 0.6 is 0 Å². The topological polar surface area (TPSA) is 117 Å². The SMILES string of the molecule is Cc1cc(Nc2cc(C)[nH]n2)nc(-c2ccc(N3CC4CC(C3)N4Cc3ccc(-n4cc5c(n4)CCC5)nc3)nc2)n1. The lowest BCUT2D eigenvalue weighted by Crippen LogP contribution is -2.68. The molecular formula is C31H33N11. The standard InChI is InChI=1S/C31H33N11/c1-19-10-27(35-28-11-20(2)37-38-28)36-31(34-19)22-7-9-29(33-14-22)40-17-24-12-25(18-40)41(24)15-21-6-8-30(32-13-21)42-16-23-4-3-5-26(23)39-42/h6-11,13-14,16,24-25H,3-5,12,15,17-18H2,1-2H3,(H2,34,35,36,37,38). The zero-order chi connectivity index (χ0) is 28.2. The maximum Gasteiger partial charge on any atom is 0.163 e. The third-order valence-corrected chi connectivity index (χ3v) is 8.64. The number of rotatable bonds is 7. The molecule has 3 fully saturated rings. The fourth-order valence-corrected chi connectivity index (χ4v) is 6.50. The fourth-order valence-electron chi connectivity index (χ4n) is 6.50. The maximum absolute atomic E-state index is 4.82. The molecule has 2 bridgehead atoms. The number of aromatic amines is 1. The Balaban J connectivity index is 0.904. The number of nitrogens with zero attached hydrogens (tertiary/aromatic N) is 9. The van der Waals surface area contributed by atoms with Crippen LogP contribution in [0.15, 0.2) is 55.0 Å². The van der Waals surface area contributed by atoms with Gasteiger partial charge in [0.05, 0.1) is 5.69 Å². The number of piperidine rings is 1. The second kappa shape index (κ2) is 10.0. The van der Waals surface area contributed by atoms with Crippen molar-refractivity contribution in [1.82, 2.24) is 44.8 Å². The zero-order valence-electron chi connectivity index (χ0n) is 23.8. The second-order valence-electron chi connectivity index (χ2n) is 11.7. The molecule has 5 aromatic rings. The largest absolute Gasteiger partial charge is 0.353 e. The van der Waals surface area contributed by atoms with Crippen molar-refractivity contribution in [1.29, 1.82) is 0 Å². The van der Waals surface area contributed by atoms with Crippen molar-refractivity contribution in [3.05, 3.63) is 83.2 Å². The molecule has 0 aromatic carbocycles. The van der Waals surface area contributed by atoms with Crippen LogP contribution in [0, 0.1) is 13.8 Å². The lowest BCUT2D eigenvalue weighted by molar-refractivity contribution is -0.00875. The lowest BCUT2D eigenvalue weighted by Gasteiger charge is -2.56. The Kier molecular flexibility index (Phi) is 5.99. The first kappa shape index (κ1) is 25.1. The zero-order valence-corrected chi connectivity index (χ0v) is 23.8. The monoisotopic (exact) mass is 559 g/mol. The highest BCUT2D eigenvalue weighted by atomic mass is 15.4. The molecule has 5 aromatic heterocycles. The highest BCUT2D eigenvalue weighted by molar-refractivity contribution is 5.61. The molecule has 212 valence electrons. The number of piperazine rings is 1. The fraction of sp³-hybridized carbons (Fsp3) is 0.355. The van der Waals surface area contributed by atoms with E-state index in [0.29, 0.717) is 23.7 Å². The van der Waals surface area contributed by atoms with Crippen molar-refractivity contribution >= 4 is 17.5 Å². The van der Waals surface area contributed by atoms with E-state index < -0.39 is 0 Å². The number of nitrogens with one attached hydrogen (secondary N) is 2. The van der Waals surface area contributed by atoms with Crippen LogP contribution in [0.2, 0.25) is 0 Å². The van der Waals surface area contributed by atoms with Crippen molar-refractivity contribution in [2.45, 2.75) is 58.2 Å². The Labute approximate surface area is 244 Å². The third kappa shape index (κ3) is 4.69. The minimum absolute atomic E-state index is 0.526. The molecule has 2 N–H and O–H groups in total. The Morgan fingerprint density at radius 3 is 2.52 bits per heavy atom. The second-order valence-corrected chi connectivity index (χ2v) is 11.7. The third-order valence-electron chi connectivity index (χ3n) is 8.64. The summed E-state index contributed by atoms with van der Waals surface area (Å²) in [5.74, 6) is 3.98. The molecule has 0 spiro atoms. The van der Waals surface area contributed by atoms with Crippen LogP contribution in [0.4, 0.5) is 17.5 Å². The van der Waals surface area contributed by atoms with E-state index in [-0.39, 0.29) is 0 Å². The van der Waals surface area contributed by atoms with Gasteiger partial charge in [0.1, 0.15) is 11.6 Å². The summed E-state index contributed by atoms with van der Waals surface area (Å²) in [7, 11) is 0. The van der Waals surface area contributed by atoms with Gasteiger partial charge < -0.3 is 10.2 Å². The van der Waals surface area contributed by atoms with Gasteiger partial charge in [-0.15, -0.1) is 0 Å². The summed E-state index contributed by atoms with van der Waals surface area (Å²) in [4.78, 5) is 23.9. The first-order valence-corrected chi connectivity index (χ1v) is 14.7. The predicted molar refractivity (Wildman–Crippen MR) is 160 cm³/mol. The number of fused-ring (bicyclic) bond motifs is 3. The minimum Gasteiger partial charge on any atom is -0.353 e. The molecule has 8 heterocycles. The van der Waals surface area contributed by atoms with Gasteiger partial charge in [-0.05, 0) is 68.9 Å². The number of pyridine rings is 2. The first-order chi connectivity index (χ1) is 20.5. The molecule has 3 saturated heterocycles. The Bertz CT molecular complexity index is 1700. The van der Waals surface area contributed by atoms with E-state index in [2.05, 4.69) is 60.8 Å². The van der Waals surface area contributed by atoms with Crippen molar-refractivity contribution in [3.8, 4) is 17.2 Å². The van der Waals surface area contributed by atoms with Gasteiger partial charge >= 0.3 is 0 Å². The molecule has 42 heavy (non-hydrogen) atoms. The van der Waals surface area contributed by atoms with E-state index in [0.717, 1.165) is 66.9 Å². The predicted octanol–water partition coefficient (Wildman–Crippen LogP) is 4.15. The van der Waals surface area contributed by atoms with E-state index in [1.54, 1.807) is 0 Å². The van der Waals surface area contributed by atoms with Crippen LogP contribution < -0.4 is 10.2 Å². The molecule has 9 rings (SSSR count). The summed E-state index contributed by atoms with van der Waals surface area (Å²) in [5, 5.41) is 15.2.